The molecule has 2 aromatic rings. The van der Waals surface area contributed by atoms with Gasteiger partial charge in [0.1, 0.15) is 5.82 Å². The molecule has 0 bridgehead atoms. The van der Waals surface area contributed by atoms with E-state index in [0.717, 1.165) is 29.9 Å². The fourth-order valence-electron chi connectivity index (χ4n) is 2.07. The second-order valence-electron chi connectivity index (χ2n) is 5.06. The Kier molecular flexibility index (Phi) is 3.44. The van der Waals surface area contributed by atoms with Crippen molar-refractivity contribution in [1.29, 1.82) is 0 Å². The van der Waals surface area contributed by atoms with Gasteiger partial charge >= 0.3 is 6.18 Å². The van der Waals surface area contributed by atoms with Crippen molar-refractivity contribution in [3.05, 3.63) is 47.5 Å². The summed E-state index contributed by atoms with van der Waals surface area (Å²) in [5, 5.41) is 6.86. The summed E-state index contributed by atoms with van der Waals surface area (Å²) in [7, 11) is 0. The monoisotopic (exact) mass is 299 g/mol. The van der Waals surface area contributed by atoms with Crippen LogP contribution in [0.25, 0.3) is 5.69 Å². The minimum Gasteiger partial charge on any atom is -0.310 e. The van der Waals surface area contributed by atoms with Crippen molar-refractivity contribution in [2.75, 3.05) is 0 Å². The highest BCUT2D eigenvalue weighted by molar-refractivity contribution is 5.42. The first kappa shape index (κ1) is 14.1. The SMILES string of the molecule is Fc1cccc(-n2cc(C(F)(F)F)cn2)c1CNC1CC1. The molecule has 0 saturated heterocycles. The number of hydrogen-bond acceptors (Lipinski definition) is 2. The van der Waals surface area contributed by atoms with E-state index in [0.29, 0.717) is 17.3 Å². The molecule has 0 radical (unpaired) electrons. The molecular weight excluding hydrogens is 286 g/mol. The Balaban J connectivity index is 1.93. The molecule has 1 fully saturated rings. The average Bonchev–Trinajstić information content (AvgIpc) is 3.10. The van der Waals surface area contributed by atoms with Gasteiger partial charge in [0.25, 0.3) is 0 Å². The van der Waals surface area contributed by atoms with Crippen LogP contribution >= 0.6 is 0 Å². The van der Waals surface area contributed by atoms with Crippen molar-refractivity contribution in [3.8, 4) is 5.69 Å². The molecule has 0 spiro atoms. The van der Waals surface area contributed by atoms with Crippen molar-refractivity contribution in [2.24, 2.45) is 0 Å². The third-order valence-corrected chi connectivity index (χ3v) is 3.40. The lowest BCUT2D eigenvalue weighted by atomic mass is 10.1. The summed E-state index contributed by atoms with van der Waals surface area (Å²) >= 11 is 0. The van der Waals surface area contributed by atoms with Crippen LogP contribution < -0.4 is 5.32 Å². The number of nitrogens with one attached hydrogen (secondary N) is 1. The highest BCUT2D eigenvalue weighted by atomic mass is 19.4. The first-order valence-electron chi connectivity index (χ1n) is 6.58. The lowest BCUT2D eigenvalue weighted by Crippen LogP contribution is -2.18. The van der Waals surface area contributed by atoms with E-state index < -0.39 is 17.6 Å². The summed E-state index contributed by atoms with van der Waals surface area (Å²) in [6.45, 7) is 0.272. The minimum atomic E-state index is -4.46. The van der Waals surface area contributed by atoms with Crippen molar-refractivity contribution in [2.45, 2.75) is 31.6 Å². The Labute approximate surface area is 118 Å². The van der Waals surface area contributed by atoms with E-state index in [2.05, 4.69) is 10.4 Å². The summed E-state index contributed by atoms with van der Waals surface area (Å²) in [5.74, 6) is -0.454. The van der Waals surface area contributed by atoms with Crippen LogP contribution in [-0.4, -0.2) is 15.8 Å². The first-order chi connectivity index (χ1) is 9.95. The number of alkyl halides is 3. The topological polar surface area (TPSA) is 29.9 Å². The fraction of sp³-hybridized carbons (Fsp3) is 0.357. The van der Waals surface area contributed by atoms with Crippen LogP contribution in [0, 0.1) is 5.82 Å². The molecule has 1 aromatic heterocycles. The molecule has 7 heteroatoms. The molecule has 3 nitrogen and oxygen atoms in total. The largest absolute Gasteiger partial charge is 0.419 e. The molecule has 21 heavy (non-hydrogen) atoms. The van der Waals surface area contributed by atoms with Crippen molar-refractivity contribution in [1.82, 2.24) is 15.1 Å². The smallest absolute Gasteiger partial charge is 0.310 e. The van der Waals surface area contributed by atoms with Gasteiger partial charge in [0.2, 0.25) is 0 Å². The van der Waals surface area contributed by atoms with E-state index in [4.69, 9.17) is 0 Å². The summed E-state index contributed by atoms with van der Waals surface area (Å²) in [6.07, 6.45) is -0.760. The van der Waals surface area contributed by atoms with Gasteiger partial charge in [-0.2, -0.15) is 18.3 Å². The lowest BCUT2D eigenvalue weighted by Gasteiger charge is -2.11. The standard InChI is InChI=1S/C14H13F4N3/c15-12-2-1-3-13(11(12)7-19-10-4-5-10)21-8-9(6-20-21)14(16,17)18/h1-3,6,8,10,19H,4-5,7H2. The summed E-state index contributed by atoms with van der Waals surface area (Å²) < 4.78 is 52.9. The lowest BCUT2D eigenvalue weighted by molar-refractivity contribution is -0.137. The number of hydrogen-bond donors (Lipinski definition) is 1. The molecule has 1 aliphatic rings. The number of benzene rings is 1. The van der Waals surface area contributed by atoms with E-state index >= 15 is 0 Å². The van der Waals surface area contributed by atoms with Gasteiger partial charge in [-0.1, -0.05) is 6.07 Å². The zero-order valence-corrected chi connectivity index (χ0v) is 11.0. The summed E-state index contributed by atoms with van der Waals surface area (Å²) in [5.41, 5.74) is -0.215. The van der Waals surface area contributed by atoms with Crippen LogP contribution in [0.2, 0.25) is 0 Å². The molecule has 1 N–H and O–H groups in total. The second-order valence-corrected chi connectivity index (χ2v) is 5.06. The van der Waals surface area contributed by atoms with Crippen LogP contribution in [0.5, 0.6) is 0 Å². The molecule has 0 amide bonds. The molecule has 1 aliphatic carbocycles. The van der Waals surface area contributed by atoms with Crippen LogP contribution in [0.1, 0.15) is 24.0 Å². The van der Waals surface area contributed by atoms with Gasteiger partial charge in [0.15, 0.2) is 0 Å². The maximum Gasteiger partial charge on any atom is 0.419 e. The highest BCUT2D eigenvalue weighted by Crippen LogP contribution is 2.30. The molecule has 0 atom stereocenters. The quantitative estimate of drug-likeness (QED) is 0.878. The van der Waals surface area contributed by atoms with Crippen LogP contribution in [-0.2, 0) is 12.7 Å². The van der Waals surface area contributed by atoms with Crippen LogP contribution in [0.15, 0.2) is 30.6 Å². The van der Waals surface area contributed by atoms with E-state index in [9.17, 15) is 17.6 Å². The maximum absolute atomic E-state index is 13.9. The molecule has 1 aromatic carbocycles. The van der Waals surface area contributed by atoms with E-state index in [-0.39, 0.29) is 6.54 Å². The van der Waals surface area contributed by atoms with E-state index in [1.165, 1.54) is 12.1 Å². The Morgan fingerprint density at radius 1 is 1.29 bits per heavy atom. The van der Waals surface area contributed by atoms with Gasteiger partial charge in [-0.15, -0.1) is 0 Å². The van der Waals surface area contributed by atoms with E-state index in [1.807, 2.05) is 0 Å². The predicted octanol–water partition coefficient (Wildman–Crippen LogP) is 3.28. The number of rotatable bonds is 4. The van der Waals surface area contributed by atoms with Crippen LogP contribution in [0.3, 0.4) is 0 Å². The van der Waals surface area contributed by atoms with Crippen molar-refractivity contribution in [3.63, 3.8) is 0 Å². The summed E-state index contributed by atoms with van der Waals surface area (Å²) in [6, 6.07) is 4.68. The fourth-order valence-corrected chi connectivity index (χ4v) is 2.07. The zero-order chi connectivity index (χ0) is 15.0. The molecule has 1 heterocycles. The predicted molar refractivity (Wildman–Crippen MR) is 68.4 cm³/mol. The minimum absolute atomic E-state index is 0.272. The molecule has 0 unspecified atom stereocenters. The number of aromatic nitrogens is 2. The Morgan fingerprint density at radius 3 is 2.67 bits per heavy atom. The zero-order valence-electron chi connectivity index (χ0n) is 11.0. The highest BCUT2D eigenvalue weighted by Gasteiger charge is 2.32. The second kappa shape index (κ2) is 5.14. The molecular formula is C14H13F4N3. The number of nitrogens with zero attached hydrogens (tertiary/aromatic N) is 2. The molecule has 112 valence electrons. The Morgan fingerprint density at radius 2 is 2.05 bits per heavy atom. The van der Waals surface area contributed by atoms with Gasteiger partial charge in [-0.25, -0.2) is 9.07 Å². The molecule has 0 aliphatic heterocycles. The van der Waals surface area contributed by atoms with Crippen molar-refractivity contribution >= 4 is 0 Å². The third kappa shape index (κ3) is 3.07. The van der Waals surface area contributed by atoms with Gasteiger partial charge in [0, 0.05) is 24.3 Å². The normalized spacial score (nSPS) is 15.4. The number of halogens is 4. The van der Waals surface area contributed by atoms with Gasteiger partial charge in [-0.05, 0) is 25.0 Å². The van der Waals surface area contributed by atoms with Gasteiger partial charge in [-0.3, -0.25) is 0 Å². The first-order valence-corrected chi connectivity index (χ1v) is 6.58. The Hall–Kier alpha value is -1.89. The van der Waals surface area contributed by atoms with Gasteiger partial charge in [0.05, 0.1) is 17.4 Å². The average molecular weight is 299 g/mol. The maximum atomic E-state index is 13.9. The third-order valence-electron chi connectivity index (χ3n) is 3.40. The van der Waals surface area contributed by atoms with Gasteiger partial charge < -0.3 is 5.32 Å². The van der Waals surface area contributed by atoms with E-state index in [1.54, 1.807) is 6.07 Å². The summed E-state index contributed by atoms with van der Waals surface area (Å²) in [4.78, 5) is 0. The Bertz CT molecular complexity index is 644. The van der Waals surface area contributed by atoms with Crippen molar-refractivity contribution < 1.29 is 17.6 Å². The molecule has 1 saturated carbocycles. The molecule has 3 rings (SSSR count). The van der Waals surface area contributed by atoms with Crippen LogP contribution in [0.4, 0.5) is 17.6 Å².